The van der Waals surface area contributed by atoms with Gasteiger partial charge in [-0.15, -0.1) is 13.2 Å². The Morgan fingerprint density at radius 3 is 2.19 bits per heavy atom. The highest BCUT2D eigenvalue weighted by Crippen LogP contribution is 2.42. The van der Waals surface area contributed by atoms with Gasteiger partial charge in [0.1, 0.15) is 12.4 Å². The summed E-state index contributed by atoms with van der Waals surface area (Å²) in [5, 5.41) is 4.60. The van der Waals surface area contributed by atoms with Crippen molar-refractivity contribution < 1.29 is 40.7 Å². The van der Waals surface area contributed by atoms with Crippen molar-refractivity contribution in [3.8, 4) is 5.75 Å². The molecule has 3 aliphatic rings. The number of fused-ring (bicyclic) bond motifs is 1. The summed E-state index contributed by atoms with van der Waals surface area (Å²) in [5.74, 6) is -0.291. The van der Waals surface area contributed by atoms with E-state index in [0.29, 0.717) is 57.7 Å². The molecule has 10 nitrogen and oxygen atoms in total. The van der Waals surface area contributed by atoms with Gasteiger partial charge in [-0.1, -0.05) is 19.1 Å². The van der Waals surface area contributed by atoms with Gasteiger partial charge in [-0.3, -0.25) is 0 Å². The van der Waals surface area contributed by atoms with Crippen molar-refractivity contribution in [2.24, 2.45) is 16.5 Å². The van der Waals surface area contributed by atoms with E-state index in [-0.39, 0.29) is 29.7 Å². The number of piperidine rings is 1. The van der Waals surface area contributed by atoms with E-state index < -0.39 is 27.7 Å². The number of benzene rings is 1. The number of nitrogens with zero attached hydrogens (tertiary/aromatic N) is 3. The third-order valence-corrected chi connectivity index (χ3v) is 8.60. The molecule has 14 heteroatoms. The van der Waals surface area contributed by atoms with Crippen LogP contribution in [0.1, 0.15) is 25.3 Å². The van der Waals surface area contributed by atoms with Crippen molar-refractivity contribution in [2.45, 2.75) is 38.0 Å². The van der Waals surface area contributed by atoms with Crippen molar-refractivity contribution in [1.82, 2.24) is 14.7 Å². The Kier molecular flexibility index (Phi) is 7.03. The maximum atomic E-state index is 13.0. The lowest BCUT2D eigenvalue weighted by molar-refractivity contribution is -0.274. The van der Waals surface area contributed by atoms with Gasteiger partial charge >= 0.3 is 18.5 Å². The number of ether oxygens (including phenoxy) is 2. The van der Waals surface area contributed by atoms with Crippen LogP contribution in [-0.2, 0) is 21.4 Å². The second-order valence-electron chi connectivity index (χ2n) is 9.92. The summed E-state index contributed by atoms with van der Waals surface area (Å²) in [5.41, 5.74) is 0.218. The number of hydrogen-bond acceptors (Lipinski definition) is 6. The average molecular weight is 535 g/mol. The Bertz CT molecular complexity index is 1090. The van der Waals surface area contributed by atoms with Gasteiger partial charge in [-0.2, -0.15) is 0 Å². The normalized spacial score (nSPS) is 25.1. The van der Waals surface area contributed by atoms with Crippen molar-refractivity contribution in [1.29, 1.82) is 0 Å². The van der Waals surface area contributed by atoms with E-state index in [2.05, 4.69) is 4.74 Å². The number of primary sulfonamides is 1. The summed E-state index contributed by atoms with van der Waals surface area (Å²) in [7, 11) is -3.61. The second kappa shape index (κ2) is 9.61. The highest BCUT2D eigenvalue weighted by atomic mass is 32.2. The molecule has 200 valence electrons. The third kappa shape index (κ3) is 5.97. The standard InChI is InChI=1S/C22H29F3N4O6S/c1-21-13-28(19(30)27-8-6-18(7-9-27)36(26,32)33)10-16(21)11-29(14-21)20(31)34-12-15-2-4-17(5-3-15)35-22(23,24)25/h2-5,16,18H,6-14H2,1H3,(H2,26,32,33)/t16-,21-/m0/s1. The molecule has 2 N–H and O–H groups in total. The van der Waals surface area contributed by atoms with Gasteiger partial charge in [0.15, 0.2) is 0 Å². The number of nitrogens with two attached hydrogens (primary N) is 1. The molecule has 2 atom stereocenters. The Balaban J connectivity index is 1.25. The summed E-state index contributed by atoms with van der Waals surface area (Å²) in [6.45, 7) is 4.37. The smallest absolute Gasteiger partial charge is 0.445 e. The van der Waals surface area contributed by atoms with Crippen LogP contribution in [0, 0.1) is 11.3 Å². The lowest BCUT2D eigenvalue weighted by atomic mass is 9.83. The first-order chi connectivity index (χ1) is 16.7. The van der Waals surface area contributed by atoms with Crippen LogP contribution in [0.3, 0.4) is 0 Å². The average Bonchev–Trinajstić information content (AvgIpc) is 3.28. The number of amides is 3. The zero-order chi connectivity index (χ0) is 26.3. The number of carbonyl (C=O) groups excluding carboxylic acids is 2. The van der Waals surface area contributed by atoms with E-state index in [1.165, 1.54) is 12.1 Å². The van der Waals surface area contributed by atoms with Crippen LogP contribution in [0.25, 0.3) is 0 Å². The number of alkyl halides is 3. The maximum absolute atomic E-state index is 13.0. The van der Waals surface area contributed by atoms with Gasteiger partial charge in [-0.05, 0) is 30.5 Å². The largest absolute Gasteiger partial charge is 0.573 e. The fraction of sp³-hybridized carbons (Fsp3) is 0.636. The van der Waals surface area contributed by atoms with Crippen LogP contribution < -0.4 is 9.88 Å². The molecule has 36 heavy (non-hydrogen) atoms. The molecule has 3 amide bonds. The lowest BCUT2D eigenvalue weighted by Gasteiger charge is -2.34. The van der Waals surface area contributed by atoms with Crippen LogP contribution in [-0.4, -0.2) is 86.1 Å². The molecule has 3 aliphatic heterocycles. The molecule has 0 aliphatic carbocycles. The molecule has 0 unspecified atom stereocenters. The molecule has 3 fully saturated rings. The minimum Gasteiger partial charge on any atom is -0.445 e. The Labute approximate surface area is 207 Å². The third-order valence-electron chi connectivity index (χ3n) is 7.20. The van der Waals surface area contributed by atoms with Crippen LogP contribution in [0.4, 0.5) is 22.8 Å². The van der Waals surface area contributed by atoms with Crippen LogP contribution >= 0.6 is 0 Å². The molecule has 0 aromatic heterocycles. The minimum atomic E-state index is -4.78. The maximum Gasteiger partial charge on any atom is 0.573 e. The molecular formula is C22H29F3N4O6S. The summed E-state index contributed by atoms with van der Waals surface area (Å²) >= 11 is 0. The molecular weight excluding hydrogens is 505 g/mol. The first kappa shape index (κ1) is 26.3. The highest BCUT2D eigenvalue weighted by Gasteiger charge is 2.52. The van der Waals surface area contributed by atoms with Gasteiger partial charge in [0.25, 0.3) is 0 Å². The number of likely N-dealkylation sites (tertiary alicyclic amines) is 3. The van der Waals surface area contributed by atoms with E-state index in [9.17, 15) is 31.2 Å². The number of carbonyl (C=O) groups is 2. The van der Waals surface area contributed by atoms with Crippen LogP contribution in [0.2, 0.25) is 0 Å². The molecule has 1 aromatic carbocycles. The number of urea groups is 1. The van der Waals surface area contributed by atoms with Crippen LogP contribution in [0.15, 0.2) is 24.3 Å². The monoisotopic (exact) mass is 534 g/mol. The Morgan fingerprint density at radius 2 is 1.64 bits per heavy atom. The molecule has 0 bridgehead atoms. The van der Waals surface area contributed by atoms with Crippen molar-refractivity contribution in [2.75, 3.05) is 39.3 Å². The summed E-state index contributed by atoms with van der Waals surface area (Å²) in [6, 6.07) is 4.96. The molecule has 1 aromatic rings. The number of sulfonamides is 1. The van der Waals surface area contributed by atoms with Gasteiger partial charge < -0.3 is 24.2 Å². The highest BCUT2D eigenvalue weighted by molar-refractivity contribution is 7.89. The molecule has 0 spiro atoms. The first-order valence-corrected chi connectivity index (χ1v) is 13.2. The summed E-state index contributed by atoms with van der Waals surface area (Å²) < 4.78 is 69.1. The van der Waals surface area contributed by atoms with Gasteiger partial charge in [0.2, 0.25) is 10.0 Å². The number of hydrogen-bond donors (Lipinski definition) is 1. The van der Waals surface area contributed by atoms with Crippen molar-refractivity contribution >= 4 is 22.1 Å². The summed E-state index contributed by atoms with van der Waals surface area (Å²) in [6.07, 6.45) is -4.67. The quantitative estimate of drug-likeness (QED) is 0.633. The van der Waals surface area contributed by atoms with E-state index in [4.69, 9.17) is 9.88 Å². The molecule has 3 saturated heterocycles. The first-order valence-electron chi connectivity index (χ1n) is 11.6. The predicted octanol–water partition coefficient (Wildman–Crippen LogP) is 2.35. The van der Waals surface area contributed by atoms with E-state index in [1.807, 2.05) is 6.92 Å². The molecule has 0 saturated carbocycles. The van der Waals surface area contributed by atoms with Crippen molar-refractivity contribution in [3.63, 3.8) is 0 Å². The SMILES string of the molecule is C[C@]12CN(C(=O)OCc3ccc(OC(F)(F)F)cc3)C[C@@H]1CN(C(=O)N1CCC(S(N)(=O)=O)CC1)C2. The lowest BCUT2D eigenvalue weighted by Crippen LogP contribution is -2.49. The molecule has 4 rings (SSSR count). The van der Waals surface area contributed by atoms with Gasteiger partial charge in [0, 0.05) is 50.6 Å². The number of rotatable bonds is 4. The van der Waals surface area contributed by atoms with E-state index >= 15 is 0 Å². The molecule has 3 heterocycles. The Morgan fingerprint density at radius 1 is 1.06 bits per heavy atom. The zero-order valence-electron chi connectivity index (χ0n) is 19.7. The fourth-order valence-electron chi connectivity index (χ4n) is 5.22. The summed E-state index contributed by atoms with van der Waals surface area (Å²) in [4.78, 5) is 30.6. The van der Waals surface area contributed by atoms with Crippen molar-refractivity contribution in [3.05, 3.63) is 29.8 Å². The predicted molar refractivity (Wildman–Crippen MR) is 121 cm³/mol. The second-order valence-corrected chi connectivity index (χ2v) is 11.8. The topological polar surface area (TPSA) is 122 Å². The van der Waals surface area contributed by atoms with Crippen LogP contribution in [0.5, 0.6) is 5.75 Å². The fourth-order valence-corrected chi connectivity index (χ4v) is 6.09. The van der Waals surface area contributed by atoms with Gasteiger partial charge in [0.05, 0.1) is 5.25 Å². The Hall–Kier alpha value is -2.74. The van der Waals surface area contributed by atoms with Gasteiger partial charge in [-0.25, -0.2) is 23.1 Å². The van der Waals surface area contributed by atoms with E-state index in [1.54, 1.807) is 14.7 Å². The number of halogens is 3. The molecule has 0 radical (unpaired) electrons. The van der Waals surface area contributed by atoms with E-state index in [0.717, 1.165) is 12.1 Å². The zero-order valence-corrected chi connectivity index (χ0v) is 20.6. The minimum absolute atomic E-state index is 0.0646.